The number of fused-ring (bicyclic) bond motifs is 1. The topological polar surface area (TPSA) is 64.8 Å². The minimum absolute atomic E-state index is 0.288. The molecule has 2 fully saturated rings. The maximum Gasteiger partial charge on any atom is 0.158 e. The molecule has 2 aliphatic heterocycles. The van der Waals surface area contributed by atoms with E-state index in [4.69, 9.17) is 5.26 Å². The number of likely N-dealkylation sites (tertiary alicyclic amines) is 1. The molecule has 1 aliphatic carbocycles. The summed E-state index contributed by atoms with van der Waals surface area (Å²) < 4.78 is 0. The van der Waals surface area contributed by atoms with Crippen LogP contribution in [0.4, 0.5) is 0 Å². The quantitative estimate of drug-likeness (QED) is 0.821. The molecule has 5 rings (SSSR count). The summed E-state index contributed by atoms with van der Waals surface area (Å²) in [5.74, 6) is 0. The van der Waals surface area contributed by atoms with E-state index >= 15 is 0 Å². The van der Waals surface area contributed by atoms with Gasteiger partial charge >= 0.3 is 0 Å². The second-order valence-corrected chi connectivity index (χ2v) is 10.4. The summed E-state index contributed by atoms with van der Waals surface area (Å²) in [6.45, 7) is 10.8. The highest BCUT2D eigenvalue weighted by Gasteiger charge is 2.58. The molecule has 0 saturated carbocycles. The highest BCUT2D eigenvalue weighted by molar-refractivity contribution is 5.61. The lowest BCUT2D eigenvalue weighted by molar-refractivity contribution is -0.162. The van der Waals surface area contributed by atoms with Gasteiger partial charge in [-0.15, -0.1) is 0 Å². The molecule has 1 aromatic heterocycles. The fourth-order valence-corrected chi connectivity index (χ4v) is 6.48. The van der Waals surface area contributed by atoms with Gasteiger partial charge in [0, 0.05) is 29.6 Å². The summed E-state index contributed by atoms with van der Waals surface area (Å²) in [4.78, 5) is 11.4. The fraction of sp³-hybridized carbons (Fsp3) is 0.560. The van der Waals surface area contributed by atoms with Gasteiger partial charge in [0.05, 0.1) is 18.1 Å². The Balaban J connectivity index is 1.41. The molecule has 0 amide bonds. The Morgan fingerprint density at radius 2 is 1.97 bits per heavy atom. The van der Waals surface area contributed by atoms with Crippen molar-refractivity contribution in [3.8, 4) is 17.3 Å². The molecule has 3 heterocycles. The zero-order valence-electron chi connectivity index (χ0n) is 18.3. The SMILES string of the molecule is CC(C)(C)C1N([C@@H]2CCc3cc(-c4cnc(C#N)cn4)ccc32)CC12CCNCC2. The number of hydrogen-bond acceptors (Lipinski definition) is 5. The molecule has 0 radical (unpaired) electrons. The van der Waals surface area contributed by atoms with Gasteiger partial charge in [0.25, 0.3) is 0 Å². The summed E-state index contributed by atoms with van der Waals surface area (Å²) >= 11 is 0. The van der Waals surface area contributed by atoms with Crippen molar-refractivity contribution in [2.24, 2.45) is 10.8 Å². The second-order valence-electron chi connectivity index (χ2n) is 10.4. The highest BCUT2D eigenvalue weighted by atomic mass is 15.3. The molecule has 3 aliphatic rings. The Morgan fingerprint density at radius 3 is 2.63 bits per heavy atom. The lowest BCUT2D eigenvalue weighted by Gasteiger charge is -2.66. The zero-order valence-corrected chi connectivity index (χ0v) is 18.3. The number of nitrogens with one attached hydrogen (secondary N) is 1. The molecule has 30 heavy (non-hydrogen) atoms. The number of piperidine rings is 1. The minimum Gasteiger partial charge on any atom is -0.317 e. The van der Waals surface area contributed by atoms with Crippen molar-refractivity contribution in [2.75, 3.05) is 19.6 Å². The fourth-order valence-electron chi connectivity index (χ4n) is 6.48. The molecular weight excluding hydrogens is 370 g/mol. The van der Waals surface area contributed by atoms with Crippen molar-refractivity contribution in [1.82, 2.24) is 20.2 Å². The van der Waals surface area contributed by atoms with Gasteiger partial charge in [-0.05, 0) is 61.4 Å². The molecule has 2 saturated heterocycles. The van der Waals surface area contributed by atoms with E-state index in [0.29, 0.717) is 23.2 Å². The Labute approximate surface area is 179 Å². The molecule has 0 bridgehead atoms. The monoisotopic (exact) mass is 401 g/mol. The van der Waals surface area contributed by atoms with Crippen LogP contribution in [-0.2, 0) is 6.42 Å². The van der Waals surface area contributed by atoms with E-state index < -0.39 is 0 Å². The number of hydrogen-bond donors (Lipinski definition) is 1. The number of nitrogens with zero attached hydrogens (tertiary/aromatic N) is 4. The van der Waals surface area contributed by atoms with Gasteiger partial charge in [0.1, 0.15) is 6.07 Å². The van der Waals surface area contributed by atoms with Crippen LogP contribution in [0.2, 0.25) is 0 Å². The molecular formula is C25H31N5. The zero-order chi connectivity index (χ0) is 20.9. The van der Waals surface area contributed by atoms with E-state index in [-0.39, 0.29) is 5.41 Å². The summed E-state index contributed by atoms with van der Waals surface area (Å²) in [5.41, 5.74) is 6.02. The lowest BCUT2D eigenvalue weighted by Crippen LogP contribution is -2.71. The summed E-state index contributed by atoms with van der Waals surface area (Å²) in [5, 5.41) is 12.5. The van der Waals surface area contributed by atoms with Gasteiger partial charge in [-0.1, -0.05) is 32.9 Å². The predicted octanol–water partition coefficient (Wildman–Crippen LogP) is 4.10. The smallest absolute Gasteiger partial charge is 0.158 e. The average Bonchev–Trinajstić information content (AvgIpc) is 3.14. The molecule has 1 unspecified atom stereocenters. The first kappa shape index (κ1) is 19.7. The summed E-state index contributed by atoms with van der Waals surface area (Å²) in [6, 6.07) is 10.00. The van der Waals surface area contributed by atoms with Gasteiger partial charge in [-0.2, -0.15) is 5.26 Å². The van der Waals surface area contributed by atoms with Gasteiger partial charge in [0.15, 0.2) is 5.69 Å². The summed E-state index contributed by atoms with van der Waals surface area (Å²) in [7, 11) is 0. The molecule has 1 aromatic carbocycles. The van der Waals surface area contributed by atoms with E-state index in [1.54, 1.807) is 12.4 Å². The molecule has 5 nitrogen and oxygen atoms in total. The van der Waals surface area contributed by atoms with Crippen LogP contribution in [0.3, 0.4) is 0 Å². The van der Waals surface area contributed by atoms with E-state index in [9.17, 15) is 0 Å². The first-order valence-corrected chi connectivity index (χ1v) is 11.2. The van der Waals surface area contributed by atoms with Gasteiger partial charge < -0.3 is 5.32 Å². The van der Waals surface area contributed by atoms with Crippen molar-refractivity contribution in [3.05, 3.63) is 47.4 Å². The highest BCUT2D eigenvalue weighted by Crippen LogP contribution is 2.56. The van der Waals surface area contributed by atoms with E-state index in [1.165, 1.54) is 36.9 Å². The Bertz CT molecular complexity index is 976. The number of nitriles is 1. The van der Waals surface area contributed by atoms with Crippen LogP contribution >= 0.6 is 0 Å². The lowest BCUT2D eigenvalue weighted by atomic mass is 9.57. The summed E-state index contributed by atoms with van der Waals surface area (Å²) in [6.07, 6.45) is 8.21. The third-order valence-electron chi connectivity index (χ3n) is 7.48. The number of benzene rings is 1. The van der Waals surface area contributed by atoms with Gasteiger partial charge in [0.2, 0.25) is 0 Å². The second kappa shape index (κ2) is 7.14. The van der Waals surface area contributed by atoms with Crippen LogP contribution in [0.25, 0.3) is 11.3 Å². The van der Waals surface area contributed by atoms with Crippen LogP contribution in [0.5, 0.6) is 0 Å². The first-order valence-electron chi connectivity index (χ1n) is 11.2. The predicted molar refractivity (Wildman–Crippen MR) is 118 cm³/mol. The van der Waals surface area contributed by atoms with E-state index in [1.807, 2.05) is 6.07 Å². The van der Waals surface area contributed by atoms with Gasteiger partial charge in [-0.3, -0.25) is 9.88 Å². The minimum atomic E-state index is 0.288. The number of rotatable bonds is 2. The molecule has 1 N–H and O–H groups in total. The Morgan fingerprint density at radius 1 is 1.17 bits per heavy atom. The third kappa shape index (κ3) is 3.14. The number of aryl methyl sites for hydroxylation is 1. The van der Waals surface area contributed by atoms with E-state index in [2.05, 4.69) is 59.2 Å². The largest absolute Gasteiger partial charge is 0.317 e. The molecule has 1 spiro atoms. The van der Waals surface area contributed by atoms with Crippen molar-refractivity contribution in [1.29, 1.82) is 5.26 Å². The van der Waals surface area contributed by atoms with Crippen LogP contribution in [-0.4, -0.2) is 40.5 Å². The first-order chi connectivity index (χ1) is 14.4. The van der Waals surface area contributed by atoms with Crippen LogP contribution in [0, 0.1) is 22.2 Å². The molecule has 2 atom stereocenters. The third-order valence-corrected chi connectivity index (χ3v) is 7.48. The van der Waals surface area contributed by atoms with Crippen LogP contribution < -0.4 is 5.32 Å². The van der Waals surface area contributed by atoms with E-state index in [0.717, 1.165) is 30.8 Å². The molecule has 5 heteroatoms. The maximum atomic E-state index is 8.95. The van der Waals surface area contributed by atoms with Crippen molar-refractivity contribution >= 4 is 0 Å². The van der Waals surface area contributed by atoms with Gasteiger partial charge in [-0.25, -0.2) is 4.98 Å². The Hall–Kier alpha value is -2.29. The average molecular weight is 402 g/mol. The maximum absolute atomic E-state index is 8.95. The Kier molecular flexibility index (Phi) is 4.68. The van der Waals surface area contributed by atoms with Crippen LogP contribution in [0.1, 0.15) is 62.9 Å². The van der Waals surface area contributed by atoms with Crippen molar-refractivity contribution in [2.45, 2.75) is 58.5 Å². The standard InChI is InChI=1S/C25H31N5/c1-24(2,3)23-25(8-10-27-11-9-25)16-30(23)22-7-5-17-12-18(4-6-20(17)22)21-15-28-19(13-26)14-29-21/h4,6,12,14-15,22-23,27H,5,7-11,16H2,1-3H3/t22-,23?/m1/s1. The molecule has 2 aromatic rings. The molecule has 156 valence electrons. The van der Waals surface area contributed by atoms with Crippen molar-refractivity contribution in [3.63, 3.8) is 0 Å². The van der Waals surface area contributed by atoms with Crippen LogP contribution in [0.15, 0.2) is 30.6 Å². The normalized spacial score (nSPS) is 25.5. The van der Waals surface area contributed by atoms with Crippen molar-refractivity contribution < 1.29 is 0 Å². The number of aromatic nitrogens is 2.